The van der Waals surface area contributed by atoms with Gasteiger partial charge in [0.05, 0.1) is 40.9 Å². The van der Waals surface area contributed by atoms with Crippen molar-refractivity contribution in [1.82, 2.24) is 9.96 Å². The van der Waals surface area contributed by atoms with Crippen molar-refractivity contribution in [3.8, 4) is 6.07 Å². The summed E-state index contributed by atoms with van der Waals surface area (Å²) in [6.45, 7) is 1.71. The first-order valence-corrected chi connectivity index (χ1v) is 8.19. The van der Waals surface area contributed by atoms with Crippen molar-refractivity contribution in [2.45, 2.75) is 6.92 Å². The Hall–Kier alpha value is -1.96. The Bertz CT molecular complexity index is 499. The molecule has 0 N–H and O–H groups in total. The zero-order chi connectivity index (χ0) is 19.8. The molecule has 0 aromatic rings. The number of amides is 1. The van der Waals surface area contributed by atoms with Gasteiger partial charge >= 0.3 is 45.1 Å². The first-order chi connectivity index (χ1) is 10.4. The van der Waals surface area contributed by atoms with E-state index in [1.54, 1.807) is 44.6 Å². The van der Waals surface area contributed by atoms with Gasteiger partial charge in [0.15, 0.2) is 0 Å². The van der Waals surface area contributed by atoms with Crippen LogP contribution < -0.4 is 0 Å². The van der Waals surface area contributed by atoms with Crippen LogP contribution in [0.2, 0.25) is 0 Å². The molecule has 24 heavy (non-hydrogen) atoms. The van der Waals surface area contributed by atoms with E-state index in [1.165, 1.54) is 0 Å². The molecule has 0 bridgehead atoms. The summed E-state index contributed by atoms with van der Waals surface area (Å²) >= 11 is 0. The fourth-order valence-corrected chi connectivity index (χ4v) is 1.06. The van der Waals surface area contributed by atoms with Crippen LogP contribution in [0.3, 0.4) is 0 Å². The Morgan fingerprint density at radius 2 is 1.58 bits per heavy atom. The molecule has 0 unspecified atom stereocenters. The number of amidine groups is 1. The molecule has 0 aliphatic heterocycles. The standard InChI is InChI=1S/C10H19N4O3.F6P/c1-6-16-10(15)14(8-7-11)17-9(12(2)3)13(4)5;1-7(2,3,4,5)6/h6,8H2,1-5H3;/q+1;-1. The second-order valence-corrected chi connectivity index (χ2v) is 6.43. The van der Waals surface area contributed by atoms with E-state index in [0.717, 1.165) is 5.06 Å². The Morgan fingerprint density at radius 3 is 1.83 bits per heavy atom. The van der Waals surface area contributed by atoms with Crippen LogP contribution in [-0.2, 0) is 9.57 Å². The van der Waals surface area contributed by atoms with Crippen molar-refractivity contribution in [1.29, 1.82) is 5.26 Å². The molecule has 0 aliphatic rings. The van der Waals surface area contributed by atoms with Gasteiger partial charge in [-0.15, -0.1) is 5.06 Å². The summed E-state index contributed by atoms with van der Waals surface area (Å²) in [5.74, 6) is 0. The average Bonchev–Trinajstić information content (AvgIpc) is 2.29. The van der Waals surface area contributed by atoms with Crippen LogP contribution in [0, 0.1) is 11.3 Å². The third kappa shape index (κ3) is 18.1. The van der Waals surface area contributed by atoms with Crippen molar-refractivity contribution in [3.63, 3.8) is 0 Å². The average molecular weight is 388 g/mol. The number of ether oxygens (including phenoxy) is 1. The molecular weight excluding hydrogens is 369 g/mol. The monoisotopic (exact) mass is 388 g/mol. The molecule has 0 aromatic heterocycles. The van der Waals surface area contributed by atoms with Crippen LogP contribution in [0.4, 0.5) is 30.0 Å². The van der Waals surface area contributed by atoms with Gasteiger partial charge in [-0.1, -0.05) is 0 Å². The Labute approximate surface area is 134 Å². The first-order valence-electron chi connectivity index (χ1n) is 6.16. The summed E-state index contributed by atoms with van der Waals surface area (Å²) < 4.78 is 65.7. The quantitative estimate of drug-likeness (QED) is 0.138. The number of carbonyl (C=O) groups is 1. The predicted octanol–water partition coefficient (Wildman–Crippen LogP) is 3.47. The number of hydrogen-bond acceptors (Lipinski definition) is 4. The van der Waals surface area contributed by atoms with E-state index in [2.05, 4.69) is 0 Å². The fourth-order valence-electron chi connectivity index (χ4n) is 1.06. The molecule has 144 valence electrons. The van der Waals surface area contributed by atoms with Crippen LogP contribution in [0.5, 0.6) is 0 Å². The topological polar surface area (TPSA) is 68.8 Å². The van der Waals surface area contributed by atoms with E-state index >= 15 is 0 Å². The van der Waals surface area contributed by atoms with E-state index < -0.39 is 13.9 Å². The number of halogens is 6. The van der Waals surface area contributed by atoms with Crippen LogP contribution in [0.1, 0.15) is 6.92 Å². The number of hydrogen-bond donors (Lipinski definition) is 0. The molecule has 0 saturated carbocycles. The maximum absolute atomic E-state index is 11.5. The van der Waals surface area contributed by atoms with Gasteiger partial charge in [-0.05, 0) is 6.92 Å². The number of rotatable bonds is 2. The van der Waals surface area contributed by atoms with Gasteiger partial charge in [-0.2, -0.15) is 5.26 Å². The number of nitriles is 1. The predicted molar refractivity (Wildman–Crippen MR) is 74.8 cm³/mol. The Kier molecular flexibility index (Phi) is 7.84. The molecule has 7 nitrogen and oxygen atoms in total. The van der Waals surface area contributed by atoms with Crippen LogP contribution in [0.25, 0.3) is 0 Å². The molecule has 0 fully saturated rings. The summed E-state index contributed by atoms with van der Waals surface area (Å²) in [5.41, 5.74) is 0. The second-order valence-electron chi connectivity index (χ2n) is 4.51. The molecule has 0 spiro atoms. The molecule has 14 heteroatoms. The molecule has 0 aromatic carbocycles. The van der Waals surface area contributed by atoms with Crippen LogP contribution in [0.15, 0.2) is 0 Å². The summed E-state index contributed by atoms with van der Waals surface area (Å²) in [6, 6.07) is 2.26. The van der Waals surface area contributed by atoms with Crippen molar-refractivity contribution < 1.29 is 44.1 Å². The first kappa shape index (κ1) is 24.3. The van der Waals surface area contributed by atoms with Crippen molar-refractivity contribution >= 4 is 19.9 Å². The molecule has 0 radical (unpaired) electrons. The van der Waals surface area contributed by atoms with E-state index in [9.17, 15) is 30.0 Å². The molecule has 0 saturated heterocycles. The summed E-state index contributed by atoms with van der Waals surface area (Å²) in [6.07, 6.45) is -0.685. The fraction of sp³-hybridized carbons (Fsp3) is 0.700. The Morgan fingerprint density at radius 1 is 1.17 bits per heavy atom. The summed E-state index contributed by atoms with van der Waals surface area (Å²) in [5, 5.41) is 9.50. The van der Waals surface area contributed by atoms with Gasteiger partial charge in [0.2, 0.25) is 0 Å². The van der Waals surface area contributed by atoms with E-state index in [1.807, 2.05) is 6.07 Å². The SMILES string of the molecule is CCOC(=O)N(CC#N)OC(N(C)C)=[N+](C)C.F[P-](F)(F)(F)(F)F. The molecular formula is C10H19F6N4O3P. The van der Waals surface area contributed by atoms with E-state index in [-0.39, 0.29) is 13.2 Å². The van der Waals surface area contributed by atoms with Crippen molar-refractivity contribution in [2.75, 3.05) is 41.3 Å². The number of carbonyl (C=O) groups excluding carboxylic acids is 1. The Balaban J connectivity index is 0. The molecule has 0 aliphatic carbocycles. The zero-order valence-electron chi connectivity index (χ0n) is 13.6. The van der Waals surface area contributed by atoms with Crippen LogP contribution >= 0.6 is 7.81 Å². The van der Waals surface area contributed by atoms with Gasteiger partial charge in [0.25, 0.3) is 0 Å². The number of nitrogens with zero attached hydrogens (tertiary/aromatic N) is 4. The third-order valence-corrected chi connectivity index (χ3v) is 1.64. The molecule has 0 rings (SSSR count). The minimum atomic E-state index is -10.7. The van der Waals surface area contributed by atoms with E-state index in [4.69, 9.17) is 14.8 Å². The number of hydroxylamine groups is 2. The van der Waals surface area contributed by atoms with E-state index in [0.29, 0.717) is 6.02 Å². The summed E-state index contributed by atoms with van der Waals surface area (Å²) in [4.78, 5) is 18.5. The maximum atomic E-state index is 11.5. The molecule has 0 atom stereocenters. The molecule has 0 heterocycles. The summed E-state index contributed by atoms with van der Waals surface area (Å²) in [7, 11) is -3.58. The normalized spacial score (nSPS) is 13.1. The van der Waals surface area contributed by atoms with Crippen LogP contribution in [-0.4, -0.2) is 68.0 Å². The minimum absolute atomic E-state index is 0.204. The van der Waals surface area contributed by atoms with Gasteiger partial charge in [0.1, 0.15) is 6.54 Å². The van der Waals surface area contributed by atoms with Crippen molar-refractivity contribution in [3.05, 3.63) is 0 Å². The third-order valence-electron chi connectivity index (χ3n) is 1.64. The van der Waals surface area contributed by atoms with Gasteiger partial charge in [-0.3, -0.25) is 4.84 Å². The molecule has 1 amide bonds. The van der Waals surface area contributed by atoms with Gasteiger partial charge in [0, 0.05) is 0 Å². The van der Waals surface area contributed by atoms with Gasteiger partial charge in [-0.25, -0.2) is 14.3 Å². The second kappa shape index (κ2) is 7.74. The van der Waals surface area contributed by atoms with Crippen molar-refractivity contribution in [2.24, 2.45) is 0 Å². The zero-order valence-corrected chi connectivity index (χ0v) is 14.5. The van der Waals surface area contributed by atoms with Gasteiger partial charge < -0.3 is 4.74 Å².